The van der Waals surface area contributed by atoms with Gasteiger partial charge in [0, 0.05) is 0 Å². The van der Waals surface area contributed by atoms with Crippen LogP contribution in [-0.4, -0.2) is 30.9 Å². The van der Waals surface area contributed by atoms with Crippen molar-refractivity contribution in [2.24, 2.45) is 4.99 Å². The van der Waals surface area contributed by atoms with Crippen molar-refractivity contribution >= 4 is 39.3 Å². The van der Waals surface area contributed by atoms with Gasteiger partial charge in [-0.05, 0) is 59.1 Å². The summed E-state index contributed by atoms with van der Waals surface area (Å²) in [5, 5.41) is 8.83. The highest BCUT2D eigenvalue weighted by molar-refractivity contribution is 9.10. The second-order valence-electron chi connectivity index (χ2n) is 7.69. The number of halogens is 1. The van der Waals surface area contributed by atoms with E-state index in [1.807, 2.05) is 36.4 Å². The van der Waals surface area contributed by atoms with Crippen molar-refractivity contribution in [1.29, 1.82) is 5.26 Å². The molecule has 1 aromatic heterocycles. The normalized spacial score (nSPS) is 15.1. The number of nitriles is 1. The molecule has 0 amide bonds. The first-order valence-electron chi connectivity index (χ1n) is 11.0. The predicted octanol–water partition coefficient (Wildman–Crippen LogP) is 3.47. The third-order valence-electron chi connectivity index (χ3n) is 5.46. The van der Waals surface area contributed by atoms with Gasteiger partial charge in [0.25, 0.3) is 5.56 Å². The second kappa shape index (κ2) is 10.9. The number of hydrogen-bond acceptors (Lipinski definition) is 8. The number of carbonyl (C=O) groups is 1. The molecule has 0 unspecified atom stereocenters. The molecule has 0 fully saturated rings. The van der Waals surface area contributed by atoms with Crippen LogP contribution in [0.25, 0.3) is 6.08 Å². The smallest absolute Gasteiger partial charge is 0.338 e. The second-order valence-corrected chi connectivity index (χ2v) is 9.56. The lowest BCUT2D eigenvalue weighted by Crippen LogP contribution is -2.39. The van der Waals surface area contributed by atoms with Gasteiger partial charge in [-0.25, -0.2) is 9.79 Å². The van der Waals surface area contributed by atoms with Gasteiger partial charge < -0.3 is 14.2 Å². The number of allylic oxidation sites excluding steroid dienone is 1. The first kappa shape index (κ1) is 25.4. The number of rotatable bonds is 7. The molecule has 0 N–H and O–H groups in total. The Morgan fingerprint density at radius 3 is 2.72 bits per heavy atom. The standard InChI is InChI=1S/C26H22BrN3O5S/c1-4-34-25(32)21-15(2)29-26-30(22(21)17-8-6-5-7-9-17)24(31)20(36-26)14-16-12-18(27)23(35-11-10-28)19(13-16)33-3/h5-9,12-14,22H,4,11H2,1-3H3/b20-14-/t22-/m0/s1. The van der Waals surface area contributed by atoms with Crippen LogP contribution in [0.15, 0.2) is 68.0 Å². The van der Waals surface area contributed by atoms with Crippen molar-refractivity contribution < 1.29 is 19.0 Å². The lowest BCUT2D eigenvalue weighted by Gasteiger charge is -2.24. The van der Waals surface area contributed by atoms with E-state index in [1.54, 1.807) is 36.6 Å². The molecular formula is C26H22BrN3O5S. The van der Waals surface area contributed by atoms with Crippen LogP contribution in [0.1, 0.15) is 31.0 Å². The molecule has 0 aliphatic carbocycles. The molecule has 0 saturated heterocycles. The van der Waals surface area contributed by atoms with E-state index in [-0.39, 0.29) is 18.8 Å². The molecule has 0 saturated carbocycles. The number of carbonyl (C=O) groups excluding carboxylic acids is 1. The van der Waals surface area contributed by atoms with Crippen LogP contribution in [0, 0.1) is 11.3 Å². The minimum atomic E-state index is -0.660. The van der Waals surface area contributed by atoms with Gasteiger partial charge in [0.05, 0.1) is 40.0 Å². The van der Waals surface area contributed by atoms with Crippen LogP contribution in [0.4, 0.5) is 0 Å². The van der Waals surface area contributed by atoms with Gasteiger partial charge in [-0.2, -0.15) is 5.26 Å². The summed E-state index contributed by atoms with van der Waals surface area (Å²) >= 11 is 4.69. The van der Waals surface area contributed by atoms with E-state index >= 15 is 0 Å². The van der Waals surface area contributed by atoms with Crippen molar-refractivity contribution in [2.75, 3.05) is 20.3 Å². The van der Waals surface area contributed by atoms with Gasteiger partial charge in [-0.1, -0.05) is 41.7 Å². The Bertz CT molecular complexity index is 1570. The largest absolute Gasteiger partial charge is 0.493 e. The van der Waals surface area contributed by atoms with Crippen LogP contribution in [0.5, 0.6) is 11.5 Å². The number of nitrogens with zero attached hydrogens (tertiary/aromatic N) is 3. The van der Waals surface area contributed by atoms with Crippen molar-refractivity contribution in [1.82, 2.24) is 4.57 Å². The van der Waals surface area contributed by atoms with Gasteiger partial charge in [0.2, 0.25) is 0 Å². The summed E-state index contributed by atoms with van der Waals surface area (Å²) in [4.78, 5) is 31.7. The van der Waals surface area contributed by atoms with Crippen molar-refractivity contribution in [3.63, 3.8) is 0 Å². The lowest BCUT2D eigenvalue weighted by atomic mass is 9.96. The maximum Gasteiger partial charge on any atom is 0.338 e. The van der Waals surface area contributed by atoms with Gasteiger partial charge in [0.15, 0.2) is 22.9 Å². The van der Waals surface area contributed by atoms with Crippen LogP contribution in [-0.2, 0) is 9.53 Å². The predicted molar refractivity (Wildman–Crippen MR) is 139 cm³/mol. The Hall–Kier alpha value is -3.68. The monoisotopic (exact) mass is 567 g/mol. The summed E-state index contributed by atoms with van der Waals surface area (Å²) in [6.45, 7) is 3.58. The number of fused-ring (bicyclic) bond motifs is 1. The number of benzene rings is 2. The van der Waals surface area contributed by atoms with E-state index in [4.69, 9.17) is 19.5 Å². The van der Waals surface area contributed by atoms with Crippen LogP contribution < -0.4 is 24.4 Å². The van der Waals surface area contributed by atoms with Crippen molar-refractivity contribution in [2.45, 2.75) is 19.9 Å². The average Bonchev–Trinajstić information content (AvgIpc) is 3.17. The third-order valence-corrected chi connectivity index (χ3v) is 7.03. The van der Waals surface area contributed by atoms with Gasteiger partial charge in [-0.15, -0.1) is 0 Å². The maximum absolute atomic E-state index is 13.7. The fourth-order valence-electron chi connectivity index (χ4n) is 3.96. The number of ether oxygens (including phenoxy) is 3. The SMILES string of the molecule is CCOC(=O)C1=C(C)N=c2s/c(=C\c3cc(Br)c(OCC#N)c(OC)c3)c(=O)n2[C@H]1c1ccccc1. The molecule has 0 spiro atoms. The molecule has 1 aliphatic rings. The molecule has 8 nitrogen and oxygen atoms in total. The first-order valence-corrected chi connectivity index (χ1v) is 12.6. The summed E-state index contributed by atoms with van der Waals surface area (Å²) < 4.78 is 18.8. The topological polar surface area (TPSA) is 103 Å². The molecule has 4 rings (SSSR count). The summed E-state index contributed by atoms with van der Waals surface area (Å²) in [5.74, 6) is 0.321. The zero-order valence-electron chi connectivity index (χ0n) is 19.8. The number of methoxy groups -OCH3 is 1. The Morgan fingerprint density at radius 2 is 2.06 bits per heavy atom. The zero-order chi connectivity index (χ0) is 25.8. The Morgan fingerprint density at radius 1 is 1.31 bits per heavy atom. The van der Waals surface area contributed by atoms with Crippen LogP contribution in [0.3, 0.4) is 0 Å². The summed E-state index contributed by atoms with van der Waals surface area (Å²) in [6, 6.07) is 14.1. The van der Waals surface area contributed by atoms with Gasteiger partial charge in [-0.3, -0.25) is 9.36 Å². The minimum Gasteiger partial charge on any atom is -0.493 e. The number of hydrogen-bond donors (Lipinski definition) is 0. The van der Waals surface area contributed by atoms with Crippen LogP contribution >= 0.6 is 27.3 Å². The van der Waals surface area contributed by atoms with Gasteiger partial charge in [0.1, 0.15) is 6.07 Å². The molecule has 2 heterocycles. The minimum absolute atomic E-state index is 0.130. The van der Waals surface area contributed by atoms with E-state index < -0.39 is 12.0 Å². The number of aromatic nitrogens is 1. The average molecular weight is 568 g/mol. The Kier molecular flexibility index (Phi) is 7.72. The number of thiazole rings is 1. The van der Waals surface area contributed by atoms with Crippen LogP contribution in [0.2, 0.25) is 0 Å². The highest BCUT2D eigenvalue weighted by Crippen LogP contribution is 2.37. The third kappa shape index (κ3) is 4.85. The Balaban J connectivity index is 1.89. The van der Waals surface area contributed by atoms with E-state index in [9.17, 15) is 9.59 Å². The van der Waals surface area contributed by atoms with Crippen molar-refractivity contribution in [3.05, 3.63) is 89.0 Å². The van der Waals surface area contributed by atoms with E-state index in [0.717, 1.165) is 5.56 Å². The zero-order valence-corrected chi connectivity index (χ0v) is 22.2. The quantitative estimate of drug-likeness (QED) is 0.405. The van der Waals surface area contributed by atoms with E-state index in [0.29, 0.717) is 42.1 Å². The highest BCUT2D eigenvalue weighted by Gasteiger charge is 2.33. The molecule has 36 heavy (non-hydrogen) atoms. The summed E-state index contributed by atoms with van der Waals surface area (Å²) in [7, 11) is 1.50. The van der Waals surface area contributed by atoms with Gasteiger partial charge >= 0.3 is 5.97 Å². The van der Waals surface area contributed by atoms with Crippen molar-refractivity contribution in [3.8, 4) is 17.6 Å². The highest BCUT2D eigenvalue weighted by atomic mass is 79.9. The molecule has 184 valence electrons. The van der Waals surface area contributed by atoms with E-state index in [2.05, 4.69) is 20.9 Å². The fraction of sp³-hybridized carbons (Fsp3) is 0.231. The Labute approximate surface area is 219 Å². The number of esters is 1. The lowest BCUT2D eigenvalue weighted by molar-refractivity contribution is -0.139. The van der Waals surface area contributed by atoms with E-state index in [1.165, 1.54) is 18.4 Å². The first-order chi connectivity index (χ1) is 17.4. The molecule has 3 aromatic rings. The molecular weight excluding hydrogens is 546 g/mol. The molecule has 0 radical (unpaired) electrons. The fourth-order valence-corrected chi connectivity index (χ4v) is 5.58. The molecule has 0 bridgehead atoms. The summed E-state index contributed by atoms with van der Waals surface area (Å²) in [6.07, 6.45) is 1.73. The summed E-state index contributed by atoms with van der Waals surface area (Å²) in [5.41, 5.74) is 2.04. The maximum atomic E-state index is 13.7. The molecule has 1 aliphatic heterocycles. The molecule has 10 heteroatoms. The molecule has 2 aromatic carbocycles. The molecule has 1 atom stereocenters.